The van der Waals surface area contributed by atoms with Gasteiger partial charge >= 0.3 is 0 Å². The highest BCUT2D eigenvalue weighted by atomic mass is 16.7. The Bertz CT molecular complexity index is 331. The van der Waals surface area contributed by atoms with Crippen molar-refractivity contribution in [1.82, 2.24) is 0 Å². The average Bonchev–Trinajstić information content (AvgIpc) is 2.46. The second kappa shape index (κ2) is 3.37. The van der Waals surface area contributed by atoms with Crippen LogP contribution in [0.4, 0.5) is 0 Å². The summed E-state index contributed by atoms with van der Waals surface area (Å²) in [7, 11) is 0. The molecule has 2 rings (SSSR count). The molecular formula is C12H16O2. The molecule has 1 aromatic rings. The lowest BCUT2D eigenvalue weighted by atomic mass is 10.1. The van der Waals surface area contributed by atoms with Gasteiger partial charge in [-0.25, -0.2) is 0 Å². The molecule has 2 heteroatoms. The Morgan fingerprint density at radius 3 is 2.71 bits per heavy atom. The van der Waals surface area contributed by atoms with Gasteiger partial charge in [0.2, 0.25) is 0 Å². The molecular weight excluding hydrogens is 176 g/mol. The Hall–Kier alpha value is -0.860. The van der Waals surface area contributed by atoms with Crippen molar-refractivity contribution in [2.75, 3.05) is 6.61 Å². The van der Waals surface area contributed by atoms with Gasteiger partial charge in [0.05, 0.1) is 6.61 Å². The molecule has 2 nitrogen and oxygen atoms in total. The highest BCUT2D eigenvalue weighted by molar-refractivity contribution is 5.24. The fraction of sp³-hybridized carbons (Fsp3) is 0.500. The minimum Gasteiger partial charge on any atom is -0.347 e. The Kier molecular flexibility index (Phi) is 2.33. The van der Waals surface area contributed by atoms with Crippen LogP contribution in [0, 0.1) is 6.92 Å². The Balaban J connectivity index is 2.17. The maximum atomic E-state index is 5.77. The van der Waals surface area contributed by atoms with E-state index < -0.39 is 5.79 Å². The van der Waals surface area contributed by atoms with Crippen molar-refractivity contribution >= 4 is 0 Å². The molecule has 0 aromatic heterocycles. The topological polar surface area (TPSA) is 18.5 Å². The van der Waals surface area contributed by atoms with Crippen molar-refractivity contribution < 1.29 is 9.47 Å². The van der Waals surface area contributed by atoms with E-state index in [0.29, 0.717) is 6.61 Å². The van der Waals surface area contributed by atoms with Gasteiger partial charge in [-0.1, -0.05) is 29.8 Å². The summed E-state index contributed by atoms with van der Waals surface area (Å²) in [6.45, 7) is 6.63. The van der Waals surface area contributed by atoms with E-state index >= 15 is 0 Å². The first-order chi connectivity index (χ1) is 6.57. The maximum absolute atomic E-state index is 5.77. The largest absolute Gasteiger partial charge is 0.347 e. The zero-order valence-electron chi connectivity index (χ0n) is 8.91. The lowest BCUT2D eigenvalue weighted by Gasteiger charge is -2.17. The van der Waals surface area contributed by atoms with E-state index in [9.17, 15) is 0 Å². The summed E-state index contributed by atoms with van der Waals surface area (Å²) in [5, 5.41) is 0. The lowest BCUT2D eigenvalue weighted by molar-refractivity contribution is -0.139. The molecule has 1 saturated heterocycles. The first kappa shape index (κ1) is 9.69. The molecule has 0 unspecified atom stereocenters. The van der Waals surface area contributed by atoms with Crippen LogP contribution in [0.1, 0.15) is 31.1 Å². The Morgan fingerprint density at radius 2 is 2.14 bits per heavy atom. The van der Waals surface area contributed by atoms with Crippen molar-refractivity contribution in [3.8, 4) is 0 Å². The predicted molar refractivity (Wildman–Crippen MR) is 55.0 cm³/mol. The zero-order valence-corrected chi connectivity index (χ0v) is 8.91. The molecule has 0 aliphatic carbocycles. The number of hydrogen-bond donors (Lipinski definition) is 0. The number of rotatable bonds is 1. The van der Waals surface area contributed by atoms with Gasteiger partial charge in [-0.2, -0.15) is 0 Å². The van der Waals surface area contributed by atoms with Crippen molar-refractivity contribution in [3.63, 3.8) is 0 Å². The van der Waals surface area contributed by atoms with Crippen LogP contribution in [0.3, 0.4) is 0 Å². The molecule has 1 fully saturated rings. The van der Waals surface area contributed by atoms with E-state index in [1.165, 1.54) is 11.1 Å². The second-order valence-electron chi connectivity index (χ2n) is 4.23. The van der Waals surface area contributed by atoms with E-state index in [-0.39, 0.29) is 6.10 Å². The van der Waals surface area contributed by atoms with Crippen LogP contribution in [-0.2, 0) is 9.47 Å². The van der Waals surface area contributed by atoms with E-state index in [0.717, 1.165) is 0 Å². The fourth-order valence-electron chi connectivity index (χ4n) is 1.72. The summed E-state index contributed by atoms with van der Waals surface area (Å²) in [5.74, 6) is -0.436. The van der Waals surface area contributed by atoms with Crippen molar-refractivity contribution in [3.05, 3.63) is 35.4 Å². The summed E-state index contributed by atoms with van der Waals surface area (Å²) < 4.78 is 11.3. The SMILES string of the molecule is Cc1cccc([C@H]2COC(C)(C)O2)c1. The monoisotopic (exact) mass is 192 g/mol. The number of hydrogen-bond acceptors (Lipinski definition) is 2. The molecule has 1 aliphatic rings. The quantitative estimate of drug-likeness (QED) is 0.681. The number of benzene rings is 1. The van der Waals surface area contributed by atoms with Gasteiger partial charge in [-0.15, -0.1) is 0 Å². The van der Waals surface area contributed by atoms with Crippen LogP contribution in [0.25, 0.3) is 0 Å². The molecule has 76 valence electrons. The summed E-state index contributed by atoms with van der Waals surface area (Å²) in [6.07, 6.45) is 0.0879. The molecule has 1 atom stereocenters. The molecule has 1 aliphatic heterocycles. The van der Waals surface area contributed by atoms with E-state index in [1.807, 2.05) is 13.8 Å². The molecule has 1 aromatic carbocycles. The average molecular weight is 192 g/mol. The summed E-state index contributed by atoms with van der Waals surface area (Å²) in [6, 6.07) is 8.38. The van der Waals surface area contributed by atoms with Crippen LogP contribution in [-0.4, -0.2) is 12.4 Å². The predicted octanol–water partition coefficient (Wildman–Crippen LogP) is 2.82. The lowest BCUT2D eigenvalue weighted by Crippen LogP contribution is -2.19. The smallest absolute Gasteiger partial charge is 0.163 e. The third-order valence-electron chi connectivity index (χ3n) is 2.42. The molecule has 0 saturated carbocycles. The molecule has 0 radical (unpaired) electrons. The zero-order chi connectivity index (χ0) is 10.2. The van der Waals surface area contributed by atoms with Crippen molar-refractivity contribution in [2.24, 2.45) is 0 Å². The highest BCUT2D eigenvalue weighted by Crippen LogP contribution is 2.32. The molecule has 0 spiro atoms. The highest BCUT2D eigenvalue weighted by Gasteiger charge is 2.33. The summed E-state index contributed by atoms with van der Waals surface area (Å²) in [5.41, 5.74) is 2.46. The number of aryl methyl sites for hydroxylation is 1. The third kappa shape index (κ3) is 1.97. The molecule has 0 N–H and O–H groups in total. The first-order valence-electron chi connectivity index (χ1n) is 4.95. The van der Waals surface area contributed by atoms with Crippen LogP contribution < -0.4 is 0 Å². The van der Waals surface area contributed by atoms with Gasteiger partial charge in [0.15, 0.2) is 5.79 Å². The third-order valence-corrected chi connectivity index (χ3v) is 2.42. The number of ether oxygens (including phenoxy) is 2. The minimum absolute atomic E-state index is 0.0879. The van der Waals surface area contributed by atoms with Crippen LogP contribution >= 0.6 is 0 Å². The standard InChI is InChI=1S/C12H16O2/c1-9-5-4-6-10(7-9)11-8-13-12(2,3)14-11/h4-7,11H,8H2,1-3H3/t11-/m1/s1. The van der Waals surface area contributed by atoms with Gasteiger partial charge < -0.3 is 9.47 Å². The first-order valence-corrected chi connectivity index (χ1v) is 4.95. The van der Waals surface area contributed by atoms with Gasteiger partial charge in [0.25, 0.3) is 0 Å². The van der Waals surface area contributed by atoms with E-state index in [1.54, 1.807) is 0 Å². The molecule has 0 amide bonds. The van der Waals surface area contributed by atoms with E-state index in [4.69, 9.17) is 9.47 Å². The normalized spacial score (nSPS) is 25.2. The van der Waals surface area contributed by atoms with Gasteiger partial charge in [0, 0.05) is 0 Å². The fourth-order valence-corrected chi connectivity index (χ4v) is 1.72. The maximum Gasteiger partial charge on any atom is 0.163 e. The second-order valence-corrected chi connectivity index (χ2v) is 4.23. The summed E-state index contributed by atoms with van der Waals surface area (Å²) in [4.78, 5) is 0. The van der Waals surface area contributed by atoms with Gasteiger partial charge in [0.1, 0.15) is 6.10 Å². The van der Waals surface area contributed by atoms with Gasteiger partial charge in [-0.05, 0) is 26.3 Å². The van der Waals surface area contributed by atoms with Crippen molar-refractivity contribution in [1.29, 1.82) is 0 Å². The minimum atomic E-state index is -0.436. The van der Waals surface area contributed by atoms with E-state index in [2.05, 4.69) is 31.2 Å². The van der Waals surface area contributed by atoms with Crippen LogP contribution in [0.2, 0.25) is 0 Å². The van der Waals surface area contributed by atoms with Gasteiger partial charge in [-0.3, -0.25) is 0 Å². The Labute approximate surface area is 84.8 Å². The van der Waals surface area contributed by atoms with Crippen LogP contribution in [0.5, 0.6) is 0 Å². The van der Waals surface area contributed by atoms with Crippen LogP contribution in [0.15, 0.2) is 24.3 Å². The molecule has 14 heavy (non-hydrogen) atoms. The van der Waals surface area contributed by atoms with Crippen molar-refractivity contribution in [2.45, 2.75) is 32.7 Å². The molecule has 1 heterocycles. The Morgan fingerprint density at radius 1 is 1.36 bits per heavy atom. The molecule has 0 bridgehead atoms. The summed E-state index contributed by atoms with van der Waals surface area (Å²) >= 11 is 0.